The van der Waals surface area contributed by atoms with Crippen molar-refractivity contribution in [3.05, 3.63) is 88.4 Å². The molecule has 1 amide bonds. The van der Waals surface area contributed by atoms with Crippen molar-refractivity contribution in [2.45, 2.75) is 11.4 Å². The Morgan fingerprint density at radius 3 is 2.37 bits per heavy atom. The number of amides is 1. The minimum Gasteiger partial charge on any atom is -0.496 e. The molecular formula is C22H21BrN2O4S. The van der Waals surface area contributed by atoms with E-state index < -0.39 is 10.0 Å². The first-order chi connectivity index (χ1) is 14.3. The molecule has 1 N–H and O–H groups in total. The Morgan fingerprint density at radius 1 is 1.03 bits per heavy atom. The van der Waals surface area contributed by atoms with Crippen molar-refractivity contribution in [1.29, 1.82) is 0 Å². The molecule has 3 aromatic carbocycles. The van der Waals surface area contributed by atoms with E-state index in [9.17, 15) is 13.2 Å². The van der Waals surface area contributed by atoms with Crippen LogP contribution in [0.5, 0.6) is 5.75 Å². The van der Waals surface area contributed by atoms with Crippen LogP contribution in [0, 0.1) is 0 Å². The first-order valence-electron chi connectivity index (χ1n) is 9.07. The highest BCUT2D eigenvalue weighted by Gasteiger charge is 2.22. The molecule has 0 spiro atoms. The number of para-hydroxylation sites is 1. The van der Waals surface area contributed by atoms with E-state index in [-0.39, 0.29) is 17.3 Å². The summed E-state index contributed by atoms with van der Waals surface area (Å²) in [5, 5.41) is 2.84. The monoisotopic (exact) mass is 488 g/mol. The van der Waals surface area contributed by atoms with Gasteiger partial charge in [-0.1, -0.05) is 30.3 Å². The Labute approximate surface area is 184 Å². The predicted octanol–water partition coefficient (Wildman–Crippen LogP) is 4.53. The van der Waals surface area contributed by atoms with Gasteiger partial charge in [-0.2, -0.15) is 4.31 Å². The molecule has 0 fully saturated rings. The Bertz CT molecular complexity index is 1150. The van der Waals surface area contributed by atoms with Gasteiger partial charge in [-0.3, -0.25) is 4.79 Å². The lowest BCUT2D eigenvalue weighted by Gasteiger charge is -2.19. The lowest BCUT2D eigenvalue weighted by Crippen LogP contribution is -2.27. The predicted molar refractivity (Wildman–Crippen MR) is 120 cm³/mol. The van der Waals surface area contributed by atoms with Gasteiger partial charge >= 0.3 is 0 Å². The summed E-state index contributed by atoms with van der Waals surface area (Å²) in [5.74, 6) is 0.196. The van der Waals surface area contributed by atoms with Crippen molar-refractivity contribution in [2.24, 2.45) is 0 Å². The summed E-state index contributed by atoms with van der Waals surface area (Å²) in [6.07, 6.45) is 0. The molecule has 0 heterocycles. The number of carbonyl (C=O) groups excluding carboxylic acids is 1. The van der Waals surface area contributed by atoms with Gasteiger partial charge in [0.25, 0.3) is 5.91 Å². The van der Waals surface area contributed by atoms with Crippen molar-refractivity contribution in [1.82, 2.24) is 4.31 Å². The van der Waals surface area contributed by atoms with Gasteiger partial charge in [0.15, 0.2) is 0 Å². The minimum atomic E-state index is -3.68. The van der Waals surface area contributed by atoms with Gasteiger partial charge < -0.3 is 10.1 Å². The highest BCUT2D eigenvalue weighted by Crippen LogP contribution is 2.26. The van der Waals surface area contributed by atoms with E-state index >= 15 is 0 Å². The van der Waals surface area contributed by atoms with Gasteiger partial charge in [-0.05, 0) is 58.4 Å². The maximum absolute atomic E-state index is 12.8. The number of carbonyl (C=O) groups is 1. The number of hydrogen-bond donors (Lipinski definition) is 1. The van der Waals surface area contributed by atoms with E-state index in [1.807, 2.05) is 18.2 Å². The largest absolute Gasteiger partial charge is 0.496 e. The fourth-order valence-electron chi connectivity index (χ4n) is 2.90. The van der Waals surface area contributed by atoms with Crippen LogP contribution in [0.4, 0.5) is 5.69 Å². The Hall–Kier alpha value is -2.68. The van der Waals surface area contributed by atoms with E-state index in [2.05, 4.69) is 21.2 Å². The highest BCUT2D eigenvalue weighted by atomic mass is 79.9. The molecule has 3 aromatic rings. The van der Waals surface area contributed by atoms with Crippen LogP contribution in [0.25, 0.3) is 0 Å². The van der Waals surface area contributed by atoms with Gasteiger partial charge in [0.1, 0.15) is 5.75 Å². The molecule has 0 aliphatic heterocycles. The molecule has 0 aliphatic rings. The first kappa shape index (κ1) is 22.0. The molecule has 0 bridgehead atoms. The fourth-order valence-corrected chi connectivity index (χ4v) is 4.45. The minimum absolute atomic E-state index is 0.0521. The van der Waals surface area contributed by atoms with Crippen LogP contribution in [-0.4, -0.2) is 32.8 Å². The van der Waals surface area contributed by atoms with E-state index in [0.29, 0.717) is 22.6 Å². The molecule has 0 saturated carbocycles. The standard InChI is InChI=1S/C22H21BrN2O4S/c1-25(30(27,28)18-8-4-3-5-9-18)15-17-14-16(12-13-21(17)29-2)22(26)24-20-11-7-6-10-19(20)23/h3-14H,15H2,1-2H3,(H,24,26). The quantitative estimate of drug-likeness (QED) is 0.529. The Morgan fingerprint density at radius 2 is 1.70 bits per heavy atom. The number of hydrogen-bond acceptors (Lipinski definition) is 4. The van der Waals surface area contributed by atoms with Crippen molar-refractivity contribution in [3.8, 4) is 5.75 Å². The van der Waals surface area contributed by atoms with Gasteiger partial charge in [-0.25, -0.2) is 8.42 Å². The summed E-state index contributed by atoms with van der Waals surface area (Å²) in [4.78, 5) is 12.9. The van der Waals surface area contributed by atoms with Gasteiger partial charge in [0.05, 0.1) is 17.7 Å². The summed E-state index contributed by atoms with van der Waals surface area (Å²) >= 11 is 3.40. The molecule has 0 unspecified atom stereocenters. The highest BCUT2D eigenvalue weighted by molar-refractivity contribution is 9.10. The Kier molecular flexibility index (Phi) is 6.91. The van der Waals surface area contributed by atoms with E-state index in [1.165, 1.54) is 18.5 Å². The number of halogens is 1. The van der Waals surface area contributed by atoms with E-state index in [1.54, 1.807) is 54.6 Å². The van der Waals surface area contributed by atoms with Crippen LogP contribution in [0.3, 0.4) is 0 Å². The summed E-state index contributed by atoms with van der Waals surface area (Å²) < 4.78 is 33.0. The van der Waals surface area contributed by atoms with Crippen LogP contribution in [0.2, 0.25) is 0 Å². The molecular weight excluding hydrogens is 468 g/mol. The van der Waals surface area contributed by atoms with E-state index in [0.717, 1.165) is 4.47 Å². The molecule has 0 radical (unpaired) electrons. The third-order valence-corrected chi connectivity index (χ3v) is 7.02. The number of ether oxygens (including phenoxy) is 1. The zero-order chi connectivity index (χ0) is 21.7. The number of nitrogens with zero attached hydrogens (tertiary/aromatic N) is 1. The third-order valence-electron chi connectivity index (χ3n) is 4.51. The molecule has 6 nitrogen and oxygen atoms in total. The molecule has 3 rings (SSSR count). The molecule has 0 aromatic heterocycles. The average molecular weight is 489 g/mol. The fraction of sp³-hybridized carbons (Fsp3) is 0.136. The molecule has 8 heteroatoms. The van der Waals surface area contributed by atoms with Crippen LogP contribution in [-0.2, 0) is 16.6 Å². The summed E-state index contributed by atoms with van der Waals surface area (Å²) in [6, 6.07) is 20.4. The summed E-state index contributed by atoms with van der Waals surface area (Å²) in [7, 11) is -0.677. The molecule has 0 aliphatic carbocycles. The zero-order valence-electron chi connectivity index (χ0n) is 16.5. The summed E-state index contributed by atoms with van der Waals surface area (Å²) in [5.41, 5.74) is 1.62. The van der Waals surface area contributed by atoms with Gasteiger partial charge in [0, 0.05) is 29.2 Å². The number of anilines is 1. The second kappa shape index (κ2) is 9.42. The molecule has 0 atom stereocenters. The SMILES string of the molecule is COc1ccc(C(=O)Nc2ccccc2Br)cc1CN(C)S(=O)(=O)c1ccccc1. The van der Waals surface area contributed by atoms with Gasteiger partial charge in [-0.15, -0.1) is 0 Å². The lowest BCUT2D eigenvalue weighted by molar-refractivity contribution is 0.102. The van der Waals surface area contributed by atoms with Crippen LogP contribution in [0.1, 0.15) is 15.9 Å². The van der Waals surface area contributed by atoms with E-state index in [4.69, 9.17) is 4.74 Å². The second-order valence-electron chi connectivity index (χ2n) is 6.53. The lowest BCUT2D eigenvalue weighted by atomic mass is 10.1. The smallest absolute Gasteiger partial charge is 0.255 e. The normalized spacial score (nSPS) is 11.3. The van der Waals surface area contributed by atoms with Gasteiger partial charge in [0.2, 0.25) is 10.0 Å². The van der Waals surface area contributed by atoms with Crippen LogP contribution in [0.15, 0.2) is 82.2 Å². The van der Waals surface area contributed by atoms with Crippen molar-refractivity contribution in [2.75, 3.05) is 19.5 Å². The number of rotatable bonds is 7. The number of methoxy groups -OCH3 is 1. The van der Waals surface area contributed by atoms with Crippen molar-refractivity contribution >= 4 is 37.5 Å². The zero-order valence-corrected chi connectivity index (χ0v) is 18.9. The molecule has 0 saturated heterocycles. The van der Waals surface area contributed by atoms with Crippen molar-refractivity contribution in [3.63, 3.8) is 0 Å². The topological polar surface area (TPSA) is 75.7 Å². The third kappa shape index (κ3) is 4.89. The van der Waals surface area contributed by atoms with Crippen molar-refractivity contribution < 1.29 is 17.9 Å². The number of sulfonamides is 1. The van der Waals surface area contributed by atoms with Crippen LogP contribution < -0.4 is 10.1 Å². The maximum atomic E-state index is 12.8. The summed E-state index contributed by atoms with van der Waals surface area (Å²) in [6.45, 7) is 0.0521. The first-order valence-corrected chi connectivity index (χ1v) is 11.3. The molecule has 156 valence electrons. The number of nitrogens with one attached hydrogen (secondary N) is 1. The second-order valence-corrected chi connectivity index (χ2v) is 9.43. The molecule has 30 heavy (non-hydrogen) atoms. The average Bonchev–Trinajstić information content (AvgIpc) is 2.75. The maximum Gasteiger partial charge on any atom is 0.255 e. The Balaban J connectivity index is 1.86. The number of benzene rings is 3. The van der Waals surface area contributed by atoms with Crippen LogP contribution >= 0.6 is 15.9 Å².